The van der Waals surface area contributed by atoms with E-state index in [2.05, 4.69) is 0 Å². The standard InChI is InChI=1S/C12H22N2O3/c13-10-3-1-5-14(7-10)12(15)9-16-8-11-4-2-6-17-11/h10-11H,1-9,13H2. The Bertz CT molecular complexity index is 254. The van der Waals surface area contributed by atoms with Crippen molar-refractivity contribution in [2.24, 2.45) is 5.73 Å². The fraction of sp³-hybridized carbons (Fsp3) is 0.917. The van der Waals surface area contributed by atoms with E-state index in [-0.39, 0.29) is 24.7 Å². The maximum absolute atomic E-state index is 11.8. The zero-order chi connectivity index (χ0) is 12.1. The molecule has 0 aliphatic carbocycles. The van der Waals surface area contributed by atoms with Gasteiger partial charge in [-0.15, -0.1) is 0 Å². The second kappa shape index (κ2) is 6.33. The summed E-state index contributed by atoms with van der Waals surface area (Å²) in [7, 11) is 0. The highest BCUT2D eigenvalue weighted by Crippen LogP contribution is 2.12. The summed E-state index contributed by atoms with van der Waals surface area (Å²) >= 11 is 0. The van der Waals surface area contributed by atoms with Crippen molar-refractivity contribution < 1.29 is 14.3 Å². The van der Waals surface area contributed by atoms with Gasteiger partial charge >= 0.3 is 0 Å². The lowest BCUT2D eigenvalue weighted by atomic mass is 10.1. The molecule has 2 heterocycles. The van der Waals surface area contributed by atoms with Crippen LogP contribution in [-0.4, -0.2) is 55.9 Å². The lowest BCUT2D eigenvalue weighted by Crippen LogP contribution is -2.47. The van der Waals surface area contributed by atoms with Crippen molar-refractivity contribution >= 4 is 5.91 Å². The van der Waals surface area contributed by atoms with Gasteiger partial charge in [0.15, 0.2) is 0 Å². The monoisotopic (exact) mass is 242 g/mol. The van der Waals surface area contributed by atoms with Crippen molar-refractivity contribution in [1.82, 2.24) is 4.90 Å². The van der Waals surface area contributed by atoms with Gasteiger partial charge in [0.2, 0.25) is 5.91 Å². The summed E-state index contributed by atoms with van der Waals surface area (Å²) in [4.78, 5) is 13.6. The van der Waals surface area contributed by atoms with Gasteiger partial charge in [0.05, 0.1) is 12.7 Å². The van der Waals surface area contributed by atoms with Crippen LogP contribution in [0.1, 0.15) is 25.7 Å². The molecule has 2 atom stereocenters. The van der Waals surface area contributed by atoms with Crippen LogP contribution in [0.5, 0.6) is 0 Å². The smallest absolute Gasteiger partial charge is 0.248 e. The topological polar surface area (TPSA) is 64.8 Å². The van der Waals surface area contributed by atoms with Gasteiger partial charge in [-0.3, -0.25) is 4.79 Å². The summed E-state index contributed by atoms with van der Waals surface area (Å²) in [5.74, 6) is 0.0538. The van der Waals surface area contributed by atoms with Gasteiger partial charge in [-0.2, -0.15) is 0 Å². The Morgan fingerprint density at radius 3 is 3.00 bits per heavy atom. The maximum Gasteiger partial charge on any atom is 0.248 e. The number of nitrogens with zero attached hydrogens (tertiary/aromatic N) is 1. The fourth-order valence-electron chi connectivity index (χ4n) is 2.38. The molecular formula is C12H22N2O3. The molecule has 1 amide bonds. The normalized spacial score (nSPS) is 29.6. The second-order valence-electron chi connectivity index (χ2n) is 4.89. The summed E-state index contributed by atoms with van der Waals surface area (Å²) in [6.45, 7) is 3.00. The molecular weight excluding hydrogens is 220 g/mol. The highest BCUT2D eigenvalue weighted by atomic mass is 16.5. The molecule has 5 nitrogen and oxygen atoms in total. The minimum Gasteiger partial charge on any atom is -0.376 e. The van der Waals surface area contributed by atoms with Crippen molar-refractivity contribution in [3.63, 3.8) is 0 Å². The predicted molar refractivity (Wildman–Crippen MR) is 63.6 cm³/mol. The van der Waals surface area contributed by atoms with Crippen LogP contribution in [0, 0.1) is 0 Å². The molecule has 0 radical (unpaired) electrons. The highest BCUT2D eigenvalue weighted by Gasteiger charge is 2.22. The Hall–Kier alpha value is -0.650. The van der Waals surface area contributed by atoms with E-state index in [1.54, 1.807) is 0 Å². The highest BCUT2D eigenvalue weighted by molar-refractivity contribution is 5.77. The van der Waals surface area contributed by atoms with Crippen molar-refractivity contribution in [3.05, 3.63) is 0 Å². The first-order valence-electron chi connectivity index (χ1n) is 6.48. The Labute approximate surface area is 102 Å². The first-order valence-corrected chi connectivity index (χ1v) is 6.48. The van der Waals surface area contributed by atoms with Crippen LogP contribution in [0.3, 0.4) is 0 Å². The average molecular weight is 242 g/mol. The summed E-state index contributed by atoms with van der Waals surface area (Å²) < 4.78 is 10.8. The van der Waals surface area contributed by atoms with Crippen molar-refractivity contribution in [3.8, 4) is 0 Å². The van der Waals surface area contributed by atoms with Crippen molar-refractivity contribution in [2.45, 2.75) is 37.8 Å². The van der Waals surface area contributed by atoms with Crippen LogP contribution < -0.4 is 5.73 Å². The molecule has 0 saturated carbocycles. The van der Waals surface area contributed by atoms with Crippen LogP contribution in [0.25, 0.3) is 0 Å². The molecule has 2 aliphatic heterocycles. The number of piperidine rings is 1. The average Bonchev–Trinajstić information content (AvgIpc) is 2.82. The predicted octanol–water partition coefficient (Wildman–Crippen LogP) is 0.132. The zero-order valence-electron chi connectivity index (χ0n) is 10.3. The SMILES string of the molecule is NC1CCCN(C(=O)COCC2CCCO2)C1. The number of ether oxygens (including phenoxy) is 2. The van der Waals surface area contributed by atoms with Gasteiger partial charge in [0, 0.05) is 25.7 Å². The van der Waals surface area contributed by atoms with E-state index >= 15 is 0 Å². The molecule has 0 aromatic carbocycles. The van der Waals surface area contributed by atoms with Crippen molar-refractivity contribution in [2.75, 3.05) is 32.9 Å². The van der Waals surface area contributed by atoms with Crippen LogP contribution in [0.2, 0.25) is 0 Å². The zero-order valence-corrected chi connectivity index (χ0v) is 10.3. The minimum atomic E-state index is 0.0538. The van der Waals surface area contributed by atoms with Crippen LogP contribution in [0.15, 0.2) is 0 Å². The fourth-order valence-corrected chi connectivity index (χ4v) is 2.38. The summed E-state index contributed by atoms with van der Waals surface area (Å²) in [6.07, 6.45) is 4.34. The Kier molecular flexibility index (Phi) is 4.76. The third-order valence-corrected chi connectivity index (χ3v) is 3.36. The molecule has 2 rings (SSSR count). The molecule has 0 aromatic heterocycles. The van der Waals surface area contributed by atoms with Crippen LogP contribution in [0.4, 0.5) is 0 Å². The van der Waals surface area contributed by atoms with Crippen LogP contribution >= 0.6 is 0 Å². The first kappa shape index (κ1) is 12.8. The van der Waals surface area contributed by atoms with Gasteiger partial charge in [0.25, 0.3) is 0 Å². The summed E-state index contributed by atoms with van der Waals surface area (Å²) in [5, 5.41) is 0. The quantitative estimate of drug-likeness (QED) is 0.761. The number of rotatable bonds is 4. The molecule has 0 bridgehead atoms. The van der Waals surface area contributed by atoms with E-state index in [0.29, 0.717) is 13.2 Å². The molecule has 0 spiro atoms. The lowest BCUT2D eigenvalue weighted by molar-refractivity contribution is -0.138. The number of amides is 1. The molecule has 2 unspecified atom stereocenters. The molecule has 2 N–H and O–H groups in total. The first-order chi connectivity index (χ1) is 8.25. The van der Waals surface area contributed by atoms with Crippen molar-refractivity contribution in [1.29, 1.82) is 0 Å². The largest absolute Gasteiger partial charge is 0.376 e. The van der Waals surface area contributed by atoms with Gasteiger partial charge < -0.3 is 20.1 Å². The number of hydrogen-bond acceptors (Lipinski definition) is 4. The van der Waals surface area contributed by atoms with E-state index in [1.165, 1.54) is 0 Å². The molecule has 5 heteroatoms. The summed E-state index contributed by atoms with van der Waals surface area (Å²) in [6, 6.07) is 0.130. The number of hydrogen-bond donors (Lipinski definition) is 1. The lowest BCUT2D eigenvalue weighted by Gasteiger charge is -2.30. The van der Waals surface area contributed by atoms with Gasteiger partial charge in [-0.1, -0.05) is 0 Å². The molecule has 2 saturated heterocycles. The molecule has 17 heavy (non-hydrogen) atoms. The van der Waals surface area contributed by atoms with E-state index in [0.717, 1.165) is 38.8 Å². The van der Waals surface area contributed by atoms with Gasteiger partial charge in [-0.25, -0.2) is 0 Å². The van der Waals surface area contributed by atoms with E-state index in [4.69, 9.17) is 15.2 Å². The summed E-state index contributed by atoms with van der Waals surface area (Å²) in [5.41, 5.74) is 5.84. The second-order valence-corrected chi connectivity index (χ2v) is 4.89. The van der Waals surface area contributed by atoms with Gasteiger partial charge in [0.1, 0.15) is 6.61 Å². The van der Waals surface area contributed by atoms with Crippen LogP contribution in [-0.2, 0) is 14.3 Å². The number of carbonyl (C=O) groups excluding carboxylic acids is 1. The number of likely N-dealkylation sites (tertiary alicyclic amines) is 1. The molecule has 98 valence electrons. The minimum absolute atomic E-state index is 0.0538. The Morgan fingerprint density at radius 2 is 2.29 bits per heavy atom. The van der Waals surface area contributed by atoms with Gasteiger partial charge in [-0.05, 0) is 25.7 Å². The molecule has 2 aliphatic rings. The number of carbonyl (C=O) groups is 1. The van der Waals surface area contributed by atoms with E-state index < -0.39 is 0 Å². The maximum atomic E-state index is 11.8. The number of nitrogens with two attached hydrogens (primary N) is 1. The third kappa shape index (κ3) is 3.94. The Morgan fingerprint density at radius 1 is 1.41 bits per heavy atom. The van der Waals surface area contributed by atoms with E-state index in [1.807, 2.05) is 4.90 Å². The third-order valence-electron chi connectivity index (χ3n) is 3.36. The van der Waals surface area contributed by atoms with E-state index in [9.17, 15) is 4.79 Å². The Balaban J connectivity index is 1.62. The molecule has 2 fully saturated rings. The molecule has 0 aromatic rings.